The van der Waals surface area contributed by atoms with Crippen molar-refractivity contribution in [1.29, 1.82) is 0 Å². The van der Waals surface area contributed by atoms with Crippen LogP contribution in [0.1, 0.15) is 34.8 Å². The number of hydrogen-bond acceptors (Lipinski definition) is 3. The first kappa shape index (κ1) is 19.1. The lowest BCUT2D eigenvalue weighted by molar-refractivity contribution is -0.116. The van der Waals surface area contributed by atoms with Crippen molar-refractivity contribution < 1.29 is 14.3 Å². The van der Waals surface area contributed by atoms with Gasteiger partial charge in [-0.25, -0.2) is 0 Å². The predicted octanol–water partition coefficient (Wildman–Crippen LogP) is 3.43. The summed E-state index contributed by atoms with van der Waals surface area (Å²) in [5, 5.41) is 2.90. The van der Waals surface area contributed by atoms with Gasteiger partial charge in [-0.15, -0.1) is 0 Å². The highest BCUT2D eigenvalue weighted by Gasteiger charge is 2.24. The highest BCUT2D eigenvalue weighted by atomic mass is 16.5. The van der Waals surface area contributed by atoms with Gasteiger partial charge in [-0.05, 0) is 55.7 Å². The van der Waals surface area contributed by atoms with Crippen LogP contribution < -0.4 is 5.32 Å². The van der Waals surface area contributed by atoms with E-state index in [2.05, 4.69) is 24.4 Å². The average molecular weight is 366 g/mol. The average Bonchev–Trinajstić information content (AvgIpc) is 2.68. The van der Waals surface area contributed by atoms with E-state index in [9.17, 15) is 9.59 Å². The van der Waals surface area contributed by atoms with Gasteiger partial charge in [0.1, 0.15) is 0 Å². The minimum atomic E-state index is -0.0286. The van der Waals surface area contributed by atoms with Crippen molar-refractivity contribution in [3.63, 3.8) is 0 Å². The fourth-order valence-electron chi connectivity index (χ4n) is 3.25. The molecule has 5 heteroatoms. The molecular weight excluding hydrogens is 340 g/mol. The van der Waals surface area contributed by atoms with Gasteiger partial charge in [0.15, 0.2) is 0 Å². The first-order valence-electron chi connectivity index (χ1n) is 9.38. The number of carbonyl (C=O) groups excluding carboxylic acids is 2. The molecule has 1 aliphatic rings. The van der Waals surface area contributed by atoms with Crippen LogP contribution in [0.5, 0.6) is 0 Å². The largest absolute Gasteiger partial charge is 0.377 e. The molecule has 0 aliphatic carbocycles. The molecule has 0 radical (unpaired) electrons. The minimum Gasteiger partial charge on any atom is -0.377 e. The first-order chi connectivity index (χ1) is 13.0. The van der Waals surface area contributed by atoms with Crippen molar-refractivity contribution in [3.8, 4) is 0 Å². The summed E-state index contributed by atoms with van der Waals surface area (Å²) in [7, 11) is 0. The van der Waals surface area contributed by atoms with Crippen molar-refractivity contribution in [3.05, 3.63) is 65.2 Å². The molecule has 1 heterocycles. The monoisotopic (exact) mass is 366 g/mol. The number of rotatable bonds is 5. The minimum absolute atomic E-state index is 0.00299. The Kier molecular flexibility index (Phi) is 6.24. The molecule has 1 saturated heterocycles. The van der Waals surface area contributed by atoms with Gasteiger partial charge in [-0.2, -0.15) is 0 Å². The molecule has 0 saturated carbocycles. The molecule has 5 nitrogen and oxygen atoms in total. The molecule has 1 unspecified atom stereocenters. The first-order valence-corrected chi connectivity index (χ1v) is 9.38. The van der Waals surface area contributed by atoms with Crippen LogP contribution in [0.25, 0.3) is 0 Å². The zero-order valence-electron chi connectivity index (χ0n) is 15.9. The van der Waals surface area contributed by atoms with Crippen LogP contribution in [0.4, 0.5) is 5.69 Å². The summed E-state index contributed by atoms with van der Waals surface area (Å²) >= 11 is 0. The molecule has 1 atom stereocenters. The summed E-state index contributed by atoms with van der Waals surface area (Å²) in [5.41, 5.74) is 3.72. The van der Waals surface area contributed by atoms with Gasteiger partial charge in [0, 0.05) is 24.2 Å². The second-order valence-electron chi connectivity index (χ2n) is 6.97. The number of benzene rings is 2. The molecule has 0 aromatic heterocycles. The zero-order valence-corrected chi connectivity index (χ0v) is 15.9. The Labute approximate surface area is 160 Å². The summed E-state index contributed by atoms with van der Waals surface area (Å²) in [6.07, 6.45) is 1.14. The smallest absolute Gasteiger partial charge is 0.254 e. The Morgan fingerprint density at radius 1 is 1.15 bits per heavy atom. The Balaban J connectivity index is 1.55. The number of carbonyl (C=O) groups is 2. The van der Waals surface area contributed by atoms with Crippen molar-refractivity contribution in [2.45, 2.75) is 32.7 Å². The zero-order chi connectivity index (χ0) is 19.2. The third-order valence-corrected chi connectivity index (χ3v) is 4.93. The van der Waals surface area contributed by atoms with E-state index >= 15 is 0 Å². The number of nitrogens with zero attached hydrogens (tertiary/aromatic N) is 1. The van der Waals surface area contributed by atoms with Gasteiger partial charge in [-0.3, -0.25) is 9.59 Å². The van der Waals surface area contributed by atoms with E-state index in [-0.39, 0.29) is 17.9 Å². The molecule has 27 heavy (non-hydrogen) atoms. The summed E-state index contributed by atoms with van der Waals surface area (Å²) < 4.78 is 5.38. The van der Waals surface area contributed by atoms with Crippen LogP contribution in [0.2, 0.25) is 0 Å². The van der Waals surface area contributed by atoms with Gasteiger partial charge >= 0.3 is 0 Å². The maximum absolute atomic E-state index is 12.6. The molecule has 2 amide bonds. The number of ether oxygens (including phenoxy) is 1. The molecule has 1 fully saturated rings. The van der Waals surface area contributed by atoms with Crippen molar-refractivity contribution in [2.24, 2.45) is 0 Å². The Hall–Kier alpha value is -2.66. The normalized spacial score (nSPS) is 16.8. The van der Waals surface area contributed by atoms with Crippen LogP contribution in [-0.2, 0) is 16.0 Å². The Bertz CT molecular complexity index is 801. The summed E-state index contributed by atoms with van der Waals surface area (Å²) in [6, 6.07) is 15.3. The fraction of sp³-hybridized carbons (Fsp3) is 0.364. The van der Waals surface area contributed by atoms with Crippen molar-refractivity contribution in [2.75, 3.05) is 25.1 Å². The number of nitrogens with one attached hydrogen (secondary N) is 1. The number of anilines is 1. The van der Waals surface area contributed by atoms with Crippen molar-refractivity contribution >= 4 is 17.5 Å². The van der Waals surface area contributed by atoms with Gasteiger partial charge in [-0.1, -0.05) is 24.3 Å². The molecule has 1 N–H and O–H groups in total. The van der Waals surface area contributed by atoms with Crippen molar-refractivity contribution in [1.82, 2.24) is 4.90 Å². The molecule has 3 rings (SSSR count). The van der Waals surface area contributed by atoms with E-state index in [1.54, 1.807) is 24.3 Å². The molecule has 0 spiro atoms. The number of hydrogen-bond donors (Lipinski definition) is 1. The van der Waals surface area contributed by atoms with Crippen LogP contribution in [-0.4, -0.2) is 42.5 Å². The van der Waals surface area contributed by atoms with Gasteiger partial charge in [0.25, 0.3) is 5.91 Å². The summed E-state index contributed by atoms with van der Waals surface area (Å²) in [5.74, 6) is -0.0256. The molecule has 2 aromatic carbocycles. The lowest BCUT2D eigenvalue weighted by Gasteiger charge is -2.33. The molecule has 142 valence electrons. The summed E-state index contributed by atoms with van der Waals surface area (Å²) in [4.78, 5) is 26.7. The summed E-state index contributed by atoms with van der Waals surface area (Å²) in [6.45, 7) is 5.79. The fourth-order valence-corrected chi connectivity index (χ4v) is 3.25. The van der Waals surface area contributed by atoms with E-state index in [0.717, 1.165) is 0 Å². The second kappa shape index (κ2) is 8.82. The third-order valence-electron chi connectivity index (χ3n) is 4.93. The highest BCUT2D eigenvalue weighted by Crippen LogP contribution is 2.16. The quantitative estimate of drug-likeness (QED) is 0.882. The number of amides is 2. The molecule has 0 bridgehead atoms. The topological polar surface area (TPSA) is 58.6 Å². The lowest BCUT2D eigenvalue weighted by atomic mass is 10.0. The Morgan fingerprint density at radius 2 is 1.89 bits per heavy atom. The maximum Gasteiger partial charge on any atom is 0.254 e. The van der Waals surface area contributed by atoms with E-state index in [1.165, 1.54) is 11.1 Å². The molecule has 2 aromatic rings. The Morgan fingerprint density at radius 3 is 2.59 bits per heavy atom. The van der Waals surface area contributed by atoms with E-state index in [0.29, 0.717) is 43.9 Å². The third kappa shape index (κ3) is 4.95. The highest BCUT2D eigenvalue weighted by molar-refractivity contribution is 5.96. The maximum atomic E-state index is 12.6. The second-order valence-corrected chi connectivity index (χ2v) is 6.97. The van der Waals surface area contributed by atoms with E-state index in [1.807, 2.05) is 24.0 Å². The van der Waals surface area contributed by atoms with Crippen LogP contribution in [0.3, 0.4) is 0 Å². The van der Waals surface area contributed by atoms with E-state index in [4.69, 9.17) is 4.74 Å². The van der Waals surface area contributed by atoms with Gasteiger partial charge in [0.2, 0.25) is 5.91 Å². The van der Waals surface area contributed by atoms with Crippen LogP contribution in [0.15, 0.2) is 48.5 Å². The number of aryl methyl sites for hydroxylation is 2. The number of morpholine rings is 1. The van der Waals surface area contributed by atoms with Gasteiger partial charge in [0.05, 0.1) is 19.3 Å². The molecule has 1 aliphatic heterocycles. The van der Waals surface area contributed by atoms with Crippen LogP contribution in [0, 0.1) is 6.92 Å². The standard InChI is InChI=1S/C22H26N2O3/c1-16-5-3-4-6-18(16)9-12-21(25)23-20-10-7-19(8-11-20)22(26)24-13-14-27-15-17(24)2/h3-8,10-11,17H,9,12-15H2,1-2H3,(H,23,25). The molecular formula is C22H26N2O3. The van der Waals surface area contributed by atoms with E-state index < -0.39 is 0 Å². The van der Waals surface area contributed by atoms with Crippen LogP contribution >= 0.6 is 0 Å². The SMILES string of the molecule is Cc1ccccc1CCC(=O)Nc1ccc(C(=O)N2CCOCC2C)cc1. The van der Waals surface area contributed by atoms with Gasteiger partial charge < -0.3 is 15.0 Å². The predicted molar refractivity (Wildman–Crippen MR) is 106 cm³/mol. The lowest BCUT2D eigenvalue weighted by Crippen LogP contribution is -2.47.